The number of unbranched alkanes of at least 4 members (excludes halogenated alkanes) is 3. The van der Waals surface area contributed by atoms with Crippen LogP contribution in [0, 0.1) is 5.41 Å². The second kappa shape index (κ2) is 14.6. The fourth-order valence-electron chi connectivity index (χ4n) is 4.59. The molecule has 0 saturated heterocycles. The van der Waals surface area contributed by atoms with Crippen molar-refractivity contribution < 1.29 is 28.6 Å². The molecule has 0 aromatic heterocycles. The van der Waals surface area contributed by atoms with Crippen LogP contribution in [0.2, 0.25) is 0 Å². The number of aromatic carboxylic acids is 1. The van der Waals surface area contributed by atoms with Gasteiger partial charge in [-0.25, -0.2) is 4.79 Å². The highest BCUT2D eigenvalue weighted by Gasteiger charge is 2.23. The smallest absolute Gasteiger partial charge is 0.336 e. The van der Waals surface area contributed by atoms with E-state index in [1.165, 1.54) is 12.1 Å². The molecule has 1 aliphatic carbocycles. The lowest BCUT2D eigenvalue weighted by Crippen LogP contribution is -2.27. The number of nitrogen functional groups attached to an aromatic ring is 1. The number of carbonyl (C=O) groups excluding carboxylic acids is 1. The Morgan fingerprint density at radius 2 is 1.68 bits per heavy atom. The number of ether oxygens (including phenoxy) is 2. The molecule has 2 aliphatic rings. The minimum atomic E-state index is -1.13. The molecule has 2 aromatic carbocycles. The molecule has 0 unspecified atom stereocenters. The normalized spacial score (nSPS) is 11.2. The van der Waals surface area contributed by atoms with Crippen LogP contribution in [0.5, 0.6) is 0 Å². The fraction of sp³-hybridized carbons (Fsp3) is 0.323. The van der Waals surface area contributed by atoms with Gasteiger partial charge in [0.2, 0.25) is 0 Å². The SMILES string of the molecule is N=c1ccc2c(-c3cc(C(=O)NCCOCCOCCCCCCCl)ccc3C(=O)O)c3ccc(N)cc3oc-2c1. The third-order valence-electron chi connectivity index (χ3n) is 6.60. The molecule has 0 saturated carbocycles. The van der Waals surface area contributed by atoms with Gasteiger partial charge in [0.15, 0.2) is 0 Å². The Kier molecular flexibility index (Phi) is 10.7. The number of anilines is 1. The van der Waals surface area contributed by atoms with Crippen LogP contribution >= 0.6 is 11.6 Å². The van der Waals surface area contributed by atoms with Gasteiger partial charge in [-0.3, -0.25) is 4.79 Å². The van der Waals surface area contributed by atoms with Gasteiger partial charge in [0.25, 0.3) is 5.91 Å². The van der Waals surface area contributed by atoms with Crippen LogP contribution in [-0.2, 0) is 9.47 Å². The topological polar surface area (TPSA) is 148 Å². The van der Waals surface area contributed by atoms with Crippen molar-refractivity contribution in [3.8, 4) is 22.5 Å². The lowest BCUT2D eigenvalue weighted by molar-refractivity contribution is 0.0468. The van der Waals surface area contributed by atoms with Gasteiger partial charge in [-0.15, -0.1) is 11.6 Å². The van der Waals surface area contributed by atoms with Crippen molar-refractivity contribution in [3.05, 3.63) is 71.1 Å². The molecule has 4 rings (SSSR count). The average Bonchev–Trinajstić information content (AvgIpc) is 2.95. The van der Waals surface area contributed by atoms with E-state index in [4.69, 9.17) is 36.6 Å². The predicted octanol–water partition coefficient (Wildman–Crippen LogP) is 5.53. The number of rotatable bonds is 15. The third-order valence-corrected chi connectivity index (χ3v) is 6.87. The quantitative estimate of drug-likeness (QED) is 0.0626. The maximum atomic E-state index is 13.0. The highest BCUT2D eigenvalue weighted by atomic mass is 35.5. The third kappa shape index (κ3) is 7.85. The summed E-state index contributed by atoms with van der Waals surface area (Å²) >= 11 is 5.67. The molecule has 1 amide bonds. The second-order valence-electron chi connectivity index (χ2n) is 9.59. The number of carbonyl (C=O) groups is 2. The number of amides is 1. The Bertz CT molecular complexity index is 1540. The van der Waals surface area contributed by atoms with E-state index in [1.54, 1.807) is 42.5 Å². The van der Waals surface area contributed by atoms with E-state index in [2.05, 4.69) is 5.32 Å². The Labute approximate surface area is 243 Å². The first-order valence-corrected chi connectivity index (χ1v) is 14.1. The zero-order chi connectivity index (χ0) is 29.2. The highest BCUT2D eigenvalue weighted by molar-refractivity contribution is 6.17. The van der Waals surface area contributed by atoms with Crippen LogP contribution in [0.1, 0.15) is 46.4 Å². The molecule has 10 heteroatoms. The predicted molar refractivity (Wildman–Crippen MR) is 159 cm³/mol. The number of hydrogen-bond acceptors (Lipinski definition) is 7. The largest absolute Gasteiger partial charge is 0.478 e. The Hall–Kier alpha value is -3.92. The van der Waals surface area contributed by atoms with Gasteiger partial charge in [-0.1, -0.05) is 12.8 Å². The van der Waals surface area contributed by atoms with Crippen molar-refractivity contribution in [1.82, 2.24) is 5.32 Å². The lowest BCUT2D eigenvalue weighted by atomic mass is 9.89. The number of halogens is 1. The van der Waals surface area contributed by atoms with Crippen molar-refractivity contribution in [3.63, 3.8) is 0 Å². The first-order chi connectivity index (χ1) is 19.9. The van der Waals surface area contributed by atoms with Crippen molar-refractivity contribution >= 4 is 40.1 Å². The number of benzene rings is 3. The van der Waals surface area contributed by atoms with E-state index in [0.29, 0.717) is 77.0 Å². The number of carboxylic acids is 1. The number of fused-ring (bicyclic) bond motifs is 2. The van der Waals surface area contributed by atoms with Crippen molar-refractivity contribution in [2.45, 2.75) is 25.7 Å². The van der Waals surface area contributed by atoms with E-state index in [1.807, 2.05) is 0 Å². The number of alkyl halides is 1. The van der Waals surface area contributed by atoms with Crippen LogP contribution in [0.15, 0.2) is 59.0 Å². The van der Waals surface area contributed by atoms with E-state index >= 15 is 0 Å². The molecule has 9 nitrogen and oxygen atoms in total. The summed E-state index contributed by atoms with van der Waals surface area (Å²) in [4.78, 5) is 25.2. The number of nitrogens with one attached hydrogen (secondary N) is 2. The summed E-state index contributed by atoms with van der Waals surface area (Å²) in [6.45, 7) is 2.21. The number of carboxylic acid groups (broad SMARTS) is 1. The van der Waals surface area contributed by atoms with Gasteiger partial charge in [0.05, 0.1) is 30.7 Å². The van der Waals surface area contributed by atoms with Gasteiger partial charge in [0, 0.05) is 58.9 Å². The van der Waals surface area contributed by atoms with Gasteiger partial charge >= 0.3 is 5.97 Å². The molecule has 0 fully saturated rings. The average molecular weight is 580 g/mol. The monoisotopic (exact) mass is 579 g/mol. The highest BCUT2D eigenvalue weighted by Crippen LogP contribution is 2.41. The summed E-state index contributed by atoms with van der Waals surface area (Å²) in [5.74, 6) is -0.384. The van der Waals surface area contributed by atoms with Gasteiger partial charge in [0.1, 0.15) is 11.3 Å². The summed E-state index contributed by atoms with van der Waals surface area (Å²) in [6, 6.07) is 14.5. The fourth-order valence-corrected chi connectivity index (χ4v) is 4.78. The molecule has 0 atom stereocenters. The maximum Gasteiger partial charge on any atom is 0.336 e. The standard InChI is InChI=1S/C31H34ClN3O6/c32-11-3-1-2-4-13-39-15-16-40-14-12-35-30(36)20-5-8-23(31(37)38)26(17-20)29-24-9-6-21(33)18-27(24)41-28-19-22(34)7-10-25(28)29/h5-10,17-19,33H,1-4,11-16,34H2,(H,35,36)(H,37,38). The van der Waals surface area contributed by atoms with E-state index in [-0.39, 0.29) is 23.4 Å². The molecule has 5 N–H and O–H groups in total. The summed E-state index contributed by atoms with van der Waals surface area (Å²) in [7, 11) is 0. The van der Waals surface area contributed by atoms with Crippen LogP contribution in [0.4, 0.5) is 5.69 Å². The molecule has 2 aromatic rings. The van der Waals surface area contributed by atoms with Gasteiger partial charge < -0.3 is 35.5 Å². The molecule has 0 radical (unpaired) electrons. The van der Waals surface area contributed by atoms with E-state index in [9.17, 15) is 14.7 Å². The Morgan fingerprint density at radius 3 is 2.46 bits per heavy atom. The molecule has 41 heavy (non-hydrogen) atoms. The minimum absolute atomic E-state index is 0.0320. The van der Waals surface area contributed by atoms with Crippen LogP contribution < -0.4 is 16.4 Å². The summed E-state index contributed by atoms with van der Waals surface area (Å²) in [6.07, 6.45) is 4.24. The molecular weight excluding hydrogens is 546 g/mol. The molecule has 1 aliphatic heterocycles. The van der Waals surface area contributed by atoms with Gasteiger partial charge in [-0.05, 0) is 60.9 Å². The second-order valence-corrected chi connectivity index (χ2v) is 9.97. The molecule has 0 spiro atoms. The maximum absolute atomic E-state index is 13.0. The van der Waals surface area contributed by atoms with Gasteiger partial charge in [-0.2, -0.15) is 0 Å². The van der Waals surface area contributed by atoms with Crippen LogP contribution in [-0.4, -0.2) is 55.8 Å². The Morgan fingerprint density at radius 1 is 0.902 bits per heavy atom. The zero-order valence-electron chi connectivity index (χ0n) is 22.7. The lowest BCUT2D eigenvalue weighted by Gasteiger charge is -2.18. The van der Waals surface area contributed by atoms with Crippen molar-refractivity contribution in [2.24, 2.45) is 0 Å². The van der Waals surface area contributed by atoms with Crippen molar-refractivity contribution in [2.75, 3.05) is 44.6 Å². The molecule has 216 valence electrons. The Balaban J connectivity index is 1.47. The number of hydrogen-bond donors (Lipinski definition) is 4. The van der Waals surface area contributed by atoms with Crippen molar-refractivity contribution in [1.29, 1.82) is 5.41 Å². The van der Waals surface area contributed by atoms with E-state index in [0.717, 1.165) is 25.7 Å². The molecule has 1 heterocycles. The first kappa shape index (κ1) is 30.0. The van der Waals surface area contributed by atoms with E-state index < -0.39 is 5.97 Å². The summed E-state index contributed by atoms with van der Waals surface area (Å²) in [5, 5.41) is 21.7. The summed E-state index contributed by atoms with van der Waals surface area (Å²) < 4.78 is 17.1. The molecule has 0 bridgehead atoms. The molecular formula is C31H34ClN3O6. The zero-order valence-corrected chi connectivity index (χ0v) is 23.5. The van der Waals surface area contributed by atoms with Crippen LogP contribution in [0.25, 0.3) is 33.4 Å². The van der Waals surface area contributed by atoms with Crippen LogP contribution in [0.3, 0.4) is 0 Å². The number of nitrogens with two attached hydrogens (primary N) is 1. The summed E-state index contributed by atoms with van der Waals surface area (Å²) in [5.41, 5.74) is 8.79. The minimum Gasteiger partial charge on any atom is -0.478 e. The first-order valence-electron chi connectivity index (χ1n) is 13.6.